The summed E-state index contributed by atoms with van der Waals surface area (Å²) in [7, 11) is -2.94. The molecule has 14 heavy (non-hydrogen) atoms. The molecule has 1 heterocycles. The third-order valence-corrected chi connectivity index (χ3v) is 2.91. The second-order valence-electron chi connectivity index (χ2n) is 3.25. The van der Waals surface area contributed by atoms with Crippen molar-refractivity contribution in [2.24, 2.45) is 0 Å². The monoisotopic (exact) mass is 217 g/mol. The maximum atomic E-state index is 10.9. The summed E-state index contributed by atoms with van der Waals surface area (Å²) in [6.45, 7) is 2.34. The lowest BCUT2D eigenvalue weighted by Crippen LogP contribution is -2.14. The van der Waals surface area contributed by atoms with Crippen LogP contribution >= 0.6 is 0 Å². The van der Waals surface area contributed by atoms with E-state index in [-0.39, 0.29) is 5.75 Å². The first kappa shape index (κ1) is 11.0. The Balaban J connectivity index is 2.77. The highest BCUT2D eigenvalue weighted by Gasteiger charge is 2.08. The molecule has 0 radical (unpaired) electrons. The Bertz CT molecular complexity index is 408. The normalized spacial score (nSPS) is 11.9. The van der Waals surface area contributed by atoms with Crippen molar-refractivity contribution < 1.29 is 8.42 Å². The fourth-order valence-electron chi connectivity index (χ4n) is 1.26. The highest BCUT2D eigenvalue weighted by Crippen LogP contribution is 2.10. The number of nitrogen functional groups attached to an aromatic ring is 1. The molecule has 2 N–H and O–H groups in total. The van der Waals surface area contributed by atoms with E-state index in [1.807, 2.05) is 6.92 Å². The Morgan fingerprint density at radius 3 is 2.71 bits per heavy atom. The summed E-state index contributed by atoms with van der Waals surface area (Å²) < 4.78 is 23.5. The van der Waals surface area contributed by atoms with E-state index in [9.17, 15) is 8.42 Å². The Hall–Kier alpha value is -1.04. The molecule has 0 unspecified atom stereocenters. The first-order valence-electron chi connectivity index (χ1n) is 4.42. The van der Waals surface area contributed by atoms with Gasteiger partial charge < -0.3 is 5.73 Å². The zero-order valence-corrected chi connectivity index (χ0v) is 9.21. The molecule has 0 amide bonds. The summed E-state index contributed by atoms with van der Waals surface area (Å²) in [5.74, 6) is 0.0983. The number of aromatic nitrogens is 2. The molecule has 1 aromatic heterocycles. The van der Waals surface area contributed by atoms with Gasteiger partial charge in [0.1, 0.15) is 9.84 Å². The Morgan fingerprint density at radius 2 is 2.21 bits per heavy atom. The largest absolute Gasteiger partial charge is 0.396 e. The van der Waals surface area contributed by atoms with E-state index in [0.29, 0.717) is 12.2 Å². The van der Waals surface area contributed by atoms with Crippen LogP contribution in [0.15, 0.2) is 6.20 Å². The van der Waals surface area contributed by atoms with Gasteiger partial charge in [0, 0.05) is 6.26 Å². The lowest BCUT2D eigenvalue weighted by atomic mass is 10.3. The van der Waals surface area contributed by atoms with E-state index in [0.717, 1.165) is 12.1 Å². The second-order valence-corrected chi connectivity index (χ2v) is 5.51. The average Bonchev–Trinajstić information content (AvgIpc) is 2.41. The number of rotatable bonds is 4. The number of anilines is 1. The van der Waals surface area contributed by atoms with E-state index >= 15 is 0 Å². The van der Waals surface area contributed by atoms with Gasteiger partial charge in [0.15, 0.2) is 0 Å². The van der Waals surface area contributed by atoms with Gasteiger partial charge in [-0.3, -0.25) is 4.68 Å². The zero-order valence-electron chi connectivity index (χ0n) is 8.40. The van der Waals surface area contributed by atoms with Crippen molar-refractivity contribution in [2.45, 2.75) is 19.9 Å². The van der Waals surface area contributed by atoms with Crippen LogP contribution in [-0.2, 0) is 22.8 Å². The summed E-state index contributed by atoms with van der Waals surface area (Å²) in [4.78, 5) is 0. The first-order valence-corrected chi connectivity index (χ1v) is 6.48. The maximum absolute atomic E-state index is 10.9. The summed E-state index contributed by atoms with van der Waals surface area (Å²) >= 11 is 0. The number of hydrogen-bond donors (Lipinski definition) is 1. The number of aryl methyl sites for hydroxylation is 1. The van der Waals surface area contributed by atoms with Crippen LogP contribution in [0.25, 0.3) is 0 Å². The van der Waals surface area contributed by atoms with Crippen molar-refractivity contribution in [3.63, 3.8) is 0 Å². The molecule has 0 fully saturated rings. The summed E-state index contributed by atoms with van der Waals surface area (Å²) in [5, 5.41) is 4.02. The Morgan fingerprint density at radius 1 is 1.57 bits per heavy atom. The minimum atomic E-state index is -2.94. The fourth-order valence-corrected chi connectivity index (χ4v) is 1.76. The smallest absolute Gasteiger partial charge is 0.149 e. The van der Waals surface area contributed by atoms with Crippen LogP contribution in [0.1, 0.15) is 12.6 Å². The molecule has 0 aromatic carbocycles. The highest BCUT2D eigenvalue weighted by molar-refractivity contribution is 7.90. The quantitative estimate of drug-likeness (QED) is 0.774. The topological polar surface area (TPSA) is 78.0 Å². The van der Waals surface area contributed by atoms with Crippen molar-refractivity contribution in [1.29, 1.82) is 0 Å². The highest BCUT2D eigenvalue weighted by atomic mass is 32.2. The standard InChI is InChI=1S/C8H15N3O2S/c1-3-8-7(9)6-10-11(8)4-5-14(2,12)13/h6H,3-5,9H2,1-2H3. The molecule has 0 aliphatic rings. The average molecular weight is 217 g/mol. The molecule has 80 valence electrons. The Labute approximate surface area is 83.8 Å². The van der Waals surface area contributed by atoms with Gasteiger partial charge in [-0.05, 0) is 6.42 Å². The van der Waals surface area contributed by atoms with Gasteiger partial charge in [0.05, 0.1) is 29.9 Å². The molecule has 0 saturated heterocycles. The summed E-state index contributed by atoms with van der Waals surface area (Å²) in [6.07, 6.45) is 3.53. The van der Waals surface area contributed by atoms with Gasteiger partial charge in [0.25, 0.3) is 0 Å². The lowest BCUT2D eigenvalue weighted by Gasteiger charge is -2.05. The minimum absolute atomic E-state index is 0.0983. The SMILES string of the molecule is CCc1c(N)cnn1CCS(C)(=O)=O. The van der Waals surface area contributed by atoms with E-state index in [4.69, 9.17) is 5.73 Å². The predicted molar refractivity (Wildman–Crippen MR) is 55.7 cm³/mol. The van der Waals surface area contributed by atoms with Crippen molar-refractivity contribution in [2.75, 3.05) is 17.7 Å². The molecule has 0 aliphatic carbocycles. The molecule has 6 heteroatoms. The third-order valence-electron chi connectivity index (χ3n) is 1.99. The molecule has 5 nitrogen and oxygen atoms in total. The van der Waals surface area contributed by atoms with Gasteiger partial charge in [-0.15, -0.1) is 0 Å². The van der Waals surface area contributed by atoms with Crippen LogP contribution in [0.3, 0.4) is 0 Å². The van der Waals surface area contributed by atoms with Gasteiger partial charge in [-0.25, -0.2) is 8.42 Å². The van der Waals surface area contributed by atoms with Crippen molar-refractivity contribution >= 4 is 15.5 Å². The molecule has 0 bridgehead atoms. The van der Waals surface area contributed by atoms with Crippen LogP contribution < -0.4 is 5.73 Å². The van der Waals surface area contributed by atoms with Crippen LogP contribution in [0.5, 0.6) is 0 Å². The van der Waals surface area contributed by atoms with Gasteiger partial charge in [-0.2, -0.15) is 5.10 Å². The molecule has 1 aromatic rings. The van der Waals surface area contributed by atoms with Crippen molar-refractivity contribution in [3.8, 4) is 0 Å². The minimum Gasteiger partial charge on any atom is -0.396 e. The first-order chi connectivity index (χ1) is 6.44. The van der Waals surface area contributed by atoms with Crippen molar-refractivity contribution in [3.05, 3.63) is 11.9 Å². The van der Waals surface area contributed by atoms with Crippen LogP contribution in [0, 0.1) is 0 Å². The predicted octanol–water partition coefficient (Wildman–Crippen LogP) is 0.0723. The molecular weight excluding hydrogens is 202 g/mol. The maximum Gasteiger partial charge on any atom is 0.149 e. The molecule has 0 aliphatic heterocycles. The summed E-state index contributed by atoms with van der Waals surface area (Å²) in [6, 6.07) is 0. The molecule has 0 atom stereocenters. The summed E-state index contributed by atoms with van der Waals surface area (Å²) in [5.41, 5.74) is 7.18. The van der Waals surface area contributed by atoms with Crippen LogP contribution in [-0.4, -0.2) is 30.2 Å². The molecule has 1 rings (SSSR count). The van der Waals surface area contributed by atoms with Gasteiger partial charge in [0.2, 0.25) is 0 Å². The number of nitrogens with zero attached hydrogens (tertiary/aromatic N) is 2. The molecule has 0 spiro atoms. The second kappa shape index (κ2) is 4.00. The van der Waals surface area contributed by atoms with E-state index in [2.05, 4.69) is 5.10 Å². The van der Waals surface area contributed by atoms with Crippen molar-refractivity contribution in [1.82, 2.24) is 9.78 Å². The number of hydrogen-bond acceptors (Lipinski definition) is 4. The Kier molecular flexibility index (Phi) is 3.15. The van der Waals surface area contributed by atoms with Gasteiger partial charge >= 0.3 is 0 Å². The van der Waals surface area contributed by atoms with E-state index < -0.39 is 9.84 Å². The molecular formula is C8H15N3O2S. The fraction of sp³-hybridized carbons (Fsp3) is 0.625. The lowest BCUT2D eigenvalue weighted by molar-refractivity contribution is 0.579. The zero-order chi connectivity index (χ0) is 10.8. The third kappa shape index (κ3) is 2.73. The van der Waals surface area contributed by atoms with E-state index in [1.165, 1.54) is 6.26 Å². The molecule has 0 saturated carbocycles. The number of sulfone groups is 1. The number of nitrogens with two attached hydrogens (primary N) is 1. The van der Waals surface area contributed by atoms with Gasteiger partial charge in [-0.1, -0.05) is 6.92 Å². The van der Waals surface area contributed by atoms with E-state index in [1.54, 1.807) is 10.9 Å². The van der Waals surface area contributed by atoms with Crippen LogP contribution in [0.4, 0.5) is 5.69 Å². The van der Waals surface area contributed by atoms with Crippen LogP contribution in [0.2, 0.25) is 0 Å².